The summed E-state index contributed by atoms with van der Waals surface area (Å²) in [6, 6.07) is 0.0261. The first-order valence-electron chi connectivity index (χ1n) is 9.32. The normalized spacial score (nSPS) is 16.4. The smallest absolute Gasteiger partial charge is 0.410 e. The Hall–Kier alpha value is -1.30. The Bertz CT molecular complexity index is 627. The number of thiazole rings is 1. The van der Waals surface area contributed by atoms with E-state index in [0.29, 0.717) is 12.5 Å². The second kappa shape index (κ2) is 11.0. The number of aromatic nitrogens is 1. The van der Waals surface area contributed by atoms with E-state index in [-0.39, 0.29) is 36.1 Å². The molecule has 0 aromatic carbocycles. The first-order valence-corrected chi connectivity index (χ1v) is 10.2. The fourth-order valence-corrected chi connectivity index (χ4v) is 3.37. The Labute approximate surface area is 189 Å². The fourth-order valence-electron chi connectivity index (χ4n) is 2.67. The second-order valence-corrected chi connectivity index (χ2v) is 8.63. The number of hydrogen-bond acceptors (Lipinski definition) is 6. The van der Waals surface area contributed by atoms with Gasteiger partial charge >= 0.3 is 6.09 Å². The minimum Gasteiger partial charge on any atom is -0.444 e. The minimum absolute atomic E-state index is 0. The topological polar surface area (TPSA) is 87.3 Å². The third-order valence-corrected chi connectivity index (χ3v) is 5.29. The van der Waals surface area contributed by atoms with Crippen molar-refractivity contribution in [2.45, 2.75) is 45.8 Å². The molecule has 8 nitrogen and oxygen atoms in total. The highest BCUT2D eigenvalue weighted by Gasteiger charge is 2.23. The van der Waals surface area contributed by atoms with Gasteiger partial charge in [0.05, 0.1) is 0 Å². The Morgan fingerprint density at radius 1 is 1.39 bits per heavy atom. The number of hydrogen-bond donors (Lipinski definition) is 1. The molecule has 10 heteroatoms. The third kappa shape index (κ3) is 7.61. The average Bonchev–Trinajstić information content (AvgIpc) is 3.14. The van der Waals surface area contributed by atoms with Crippen LogP contribution >= 0.6 is 35.3 Å². The van der Waals surface area contributed by atoms with E-state index in [1.54, 1.807) is 23.3 Å². The van der Waals surface area contributed by atoms with Crippen molar-refractivity contribution in [2.24, 2.45) is 10.7 Å². The zero-order valence-corrected chi connectivity index (χ0v) is 20.6. The Kier molecular flexibility index (Phi) is 9.75. The highest BCUT2D eigenvalue weighted by Crippen LogP contribution is 2.18. The molecule has 2 rings (SSSR count). The lowest BCUT2D eigenvalue weighted by Crippen LogP contribution is -2.51. The van der Waals surface area contributed by atoms with E-state index < -0.39 is 5.60 Å². The molecule has 2 heterocycles. The Morgan fingerprint density at radius 2 is 2.04 bits per heavy atom. The van der Waals surface area contributed by atoms with Gasteiger partial charge in [-0.05, 0) is 34.1 Å². The van der Waals surface area contributed by atoms with E-state index in [1.807, 2.05) is 39.3 Å². The predicted molar refractivity (Wildman–Crippen MR) is 126 cm³/mol. The van der Waals surface area contributed by atoms with Crippen molar-refractivity contribution >= 4 is 52.5 Å². The Balaban J connectivity index is 0.00000392. The number of ether oxygens (including phenoxy) is 1. The maximum absolute atomic E-state index is 12.1. The van der Waals surface area contributed by atoms with Crippen LogP contribution in [-0.2, 0) is 4.74 Å². The molecule has 1 aliphatic heterocycles. The van der Waals surface area contributed by atoms with Crippen LogP contribution in [0.2, 0.25) is 0 Å². The van der Waals surface area contributed by atoms with Crippen LogP contribution in [0.5, 0.6) is 0 Å². The van der Waals surface area contributed by atoms with Crippen molar-refractivity contribution in [1.82, 2.24) is 14.8 Å². The van der Waals surface area contributed by atoms with E-state index >= 15 is 0 Å². The van der Waals surface area contributed by atoms with Gasteiger partial charge in [0.25, 0.3) is 0 Å². The standard InChI is InChI=1S/C18H32N6O2S.HI/c1-14(22(5)17(25)26-18(2,3)4)6-7-20-15(19)23-9-11-24(12-10-23)16-21-8-13-27-16;/h8,13-14H,6-7,9-12H2,1-5H3,(H2,19,20);1H. The van der Waals surface area contributed by atoms with Crippen LogP contribution in [-0.4, -0.2) is 78.3 Å². The lowest BCUT2D eigenvalue weighted by Gasteiger charge is -2.35. The number of halogens is 1. The quantitative estimate of drug-likeness (QED) is 0.362. The summed E-state index contributed by atoms with van der Waals surface area (Å²) in [5.41, 5.74) is 5.67. The summed E-state index contributed by atoms with van der Waals surface area (Å²) in [6.07, 6.45) is 2.25. The molecule has 0 spiro atoms. The summed E-state index contributed by atoms with van der Waals surface area (Å²) >= 11 is 1.66. The van der Waals surface area contributed by atoms with Gasteiger partial charge in [-0.3, -0.25) is 4.99 Å². The van der Waals surface area contributed by atoms with Crippen molar-refractivity contribution in [2.75, 3.05) is 44.7 Å². The Morgan fingerprint density at radius 3 is 2.57 bits per heavy atom. The lowest BCUT2D eigenvalue weighted by atomic mass is 10.2. The predicted octanol–water partition coefficient (Wildman–Crippen LogP) is 2.84. The number of piperazine rings is 1. The number of nitrogens with zero attached hydrogens (tertiary/aromatic N) is 5. The van der Waals surface area contributed by atoms with E-state index in [0.717, 1.165) is 37.7 Å². The molecule has 1 aromatic rings. The summed E-state index contributed by atoms with van der Waals surface area (Å²) in [7, 11) is 1.75. The monoisotopic (exact) mass is 524 g/mol. The number of rotatable bonds is 5. The molecule has 1 aliphatic rings. The van der Waals surface area contributed by atoms with Crippen molar-refractivity contribution < 1.29 is 9.53 Å². The fraction of sp³-hybridized carbons (Fsp3) is 0.722. The van der Waals surface area contributed by atoms with Gasteiger partial charge in [-0.25, -0.2) is 9.78 Å². The van der Waals surface area contributed by atoms with Crippen LogP contribution in [0.25, 0.3) is 0 Å². The molecule has 28 heavy (non-hydrogen) atoms. The summed E-state index contributed by atoms with van der Waals surface area (Å²) in [5, 5.41) is 3.05. The van der Waals surface area contributed by atoms with Gasteiger partial charge in [0, 0.05) is 57.4 Å². The van der Waals surface area contributed by atoms with E-state index in [1.165, 1.54) is 0 Å². The molecule has 0 aliphatic carbocycles. The molecule has 0 saturated carbocycles. The summed E-state index contributed by atoms with van der Waals surface area (Å²) < 4.78 is 5.39. The SMILES string of the molecule is CC(CCN=C(N)N1CCN(c2nccs2)CC1)N(C)C(=O)OC(C)(C)C.I. The van der Waals surface area contributed by atoms with Crippen LogP contribution in [0.3, 0.4) is 0 Å². The van der Waals surface area contributed by atoms with Gasteiger partial charge in [-0.2, -0.15) is 0 Å². The second-order valence-electron chi connectivity index (χ2n) is 7.76. The number of guanidine groups is 1. The maximum Gasteiger partial charge on any atom is 0.410 e. The van der Waals surface area contributed by atoms with Gasteiger partial charge in [0.2, 0.25) is 0 Å². The molecular weight excluding hydrogens is 491 g/mol. The van der Waals surface area contributed by atoms with Crippen LogP contribution in [0, 0.1) is 0 Å². The summed E-state index contributed by atoms with van der Waals surface area (Å²) in [6.45, 7) is 11.6. The number of carbonyl (C=O) groups is 1. The first kappa shape index (κ1) is 24.7. The molecule has 1 aromatic heterocycles. The van der Waals surface area contributed by atoms with Gasteiger partial charge in [0.1, 0.15) is 5.60 Å². The zero-order valence-electron chi connectivity index (χ0n) is 17.4. The van der Waals surface area contributed by atoms with E-state index in [9.17, 15) is 4.79 Å². The summed E-state index contributed by atoms with van der Waals surface area (Å²) in [5.74, 6) is 0.570. The van der Waals surface area contributed by atoms with E-state index in [4.69, 9.17) is 10.5 Å². The molecular formula is C18H33IN6O2S. The van der Waals surface area contributed by atoms with Gasteiger partial charge < -0.3 is 25.2 Å². The van der Waals surface area contributed by atoms with Gasteiger partial charge in [-0.15, -0.1) is 35.3 Å². The van der Waals surface area contributed by atoms with Crippen LogP contribution in [0.1, 0.15) is 34.1 Å². The number of carbonyl (C=O) groups excluding carboxylic acids is 1. The van der Waals surface area contributed by atoms with Crippen LogP contribution in [0.15, 0.2) is 16.6 Å². The average molecular weight is 524 g/mol. The number of nitrogens with two attached hydrogens (primary N) is 1. The minimum atomic E-state index is -0.492. The largest absolute Gasteiger partial charge is 0.444 e. The van der Waals surface area contributed by atoms with E-state index in [2.05, 4.69) is 19.8 Å². The first-order chi connectivity index (χ1) is 12.7. The molecule has 1 fully saturated rings. The molecule has 1 unspecified atom stereocenters. The highest BCUT2D eigenvalue weighted by molar-refractivity contribution is 14.0. The number of anilines is 1. The lowest BCUT2D eigenvalue weighted by molar-refractivity contribution is 0.0231. The molecule has 1 saturated heterocycles. The maximum atomic E-state index is 12.1. The molecule has 1 amide bonds. The molecule has 1 atom stereocenters. The van der Waals surface area contributed by atoms with Crippen LogP contribution in [0.4, 0.5) is 9.93 Å². The molecule has 0 bridgehead atoms. The highest BCUT2D eigenvalue weighted by atomic mass is 127. The van der Waals surface area contributed by atoms with Crippen molar-refractivity contribution in [3.63, 3.8) is 0 Å². The van der Waals surface area contributed by atoms with Crippen LogP contribution < -0.4 is 10.6 Å². The van der Waals surface area contributed by atoms with Crippen molar-refractivity contribution in [3.05, 3.63) is 11.6 Å². The molecule has 160 valence electrons. The van der Waals surface area contributed by atoms with Gasteiger partial charge in [-0.1, -0.05) is 0 Å². The third-order valence-electron chi connectivity index (χ3n) is 4.46. The molecule has 2 N–H and O–H groups in total. The van der Waals surface area contributed by atoms with Gasteiger partial charge in [0.15, 0.2) is 11.1 Å². The molecule has 0 radical (unpaired) electrons. The summed E-state index contributed by atoms with van der Waals surface area (Å²) in [4.78, 5) is 26.9. The number of amides is 1. The van der Waals surface area contributed by atoms with Crippen molar-refractivity contribution in [3.8, 4) is 0 Å². The van der Waals surface area contributed by atoms with Crippen molar-refractivity contribution in [1.29, 1.82) is 0 Å². The zero-order chi connectivity index (χ0) is 20.0. The number of aliphatic imine (C=N–C) groups is 1.